The van der Waals surface area contributed by atoms with E-state index in [0.29, 0.717) is 23.6 Å². The maximum absolute atomic E-state index is 13.0. The summed E-state index contributed by atoms with van der Waals surface area (Å²) in [6.07, 6.45) is 2.30. The molecule has 0 saturated heterocycles. The van der Waals surface area contributed by atoms with Crippen LogP contribution in [0, 0.1) is 11.3 Å². The molecule has 1 atom stereocenters. The fraction of sp³-hybridized carbons (Fsp3) is 0.412. The lowest BCUT2D eigenvalue weighted by atomic mass is 10.2. The number of rotatable bonds is 7. The first-order valence-corrected chi connectivity index (χ1v) is 9.36. The summed E-state index contributed by atoms with van der Waals surface area (Å²) in [5.74, 6) is 0. The third-order valence-corrected chi connectivity index (χ3v) is 6.05. The van der Waals surface area contributed by atoms with Gasteiger partial charge in [-0.25, -0.2) is 8.42 Å². The molecule has 1 unspecified atom stereocenters. The van der Waals surface area contributed by atoms with Crippen LogP contribution in [0.25, 0.3) is 0 Å². The number of nitriles is 1. The van der Waals surface area contributed by atoms with Crippen molar-refractivity contribution in [3.8, 4) is 6.07 Å². The summed E-state index contributed by atoms with van der Waals surface area (Å²) in [5, 5.41) is 12.6. The van der Waals surface area contributed by atoms with Crippen LogP contribution in [-0.4, -0.2) is 18.2 Å². The van der Waals surface area contributed by atoms with E-state index in [1.165, 1.54) is 0 Å². The van der Waals surface area contributed by atoms with E-state index in [4.69, 9.17) is 5.26 Å². The molecule has 1 aromatic heterocycles. The molecular formula is C17H21N3O2S. The van der Waals surface area contributed by atoms with Crippen LogP contribution >= 0.6 is 0 Å². The van der Waals surface area contributed by atoms with Gasteiger partial charge >= 0.3 is 0 Å². The molecule has 0 amide bonds. The Hall–Kier alpha value is -2.13. The lowest BCUT2D eigenvalue weighted by molar-refractivity contribution is 0.527. The summed E-state index contributed by atoms with van der Waals surface area (Å²) in [5.41, 5.74) is 0.860. The molecule has 0 aliphatic carbocycles. The van der Waals surface area contributed by atoms with Crippen LogP contribution in [0.1, 0.15) is 49.7 Å². The number of hydrogen-bond donors (Lipinski definition) is 0. The maximum atomic E-state index is 13.0. The van der Waals surface area contributed by atoms with E-state index in [1.807, 2.05) is 13.0 Å². The molecule has 122 valence electrons. The molecule has 0 aliphatic rings. The Morgan fingerprint density at radius 3 is 2.52 bits per heavy atom. The van der Waals surface area contributed by atoms with Crippen LogP contribution < -0.4 is 0 Å². The van der Waals surface area contributed by atoms with Crippen LogP contribution in [0.15, 0.2) is 41.3 Å². The molecule has 0 bridgehead atoms. The molecule has 2 rings (SSSR count). The quantitative estimate of drug-likeness (QED) is 0.778. The van der Waals surface area contributed by atoms with Crippen LogP contribution in [0.2, 0.25) is 0 Å². The molecule has 0 radical (unpaired) electrons. The van der Waals surface area contributed by atoms with Crippen molar-refractivity contribution < 1.29 is 8.42 Å². The summed E-state index contributed by atoms with van der Waals surface area (Å²) in [7, 11) is -3.52. The predicted molar refractivity (Wildman–Crippen MR) is 88.5 cm³/mol. The Balaban J connectivity index is 2.49. The molecule has 2 aromatic rings. The first-order chi connectivity index (χ1) is 11.0. The van der Waals surface area contributed by atoms with Crippen molar-refractivity contribution in [3.05, 3.63) is 47.8 Å². The minimum absolute atomic E-state index is 0.262. The highest BCUT2D eigenvalue weighted by atomic mass is 32.2. The predicted octanol–water partition coefficient (Wildman–Crippen LogP) is 3.48. The minimum atomic E-state index is -3.52. The fourth-order valence-corrected chi connectivity index (χ4v) is 4.41. The Morgan fingerprint density at radius 2 is 1.96 bits per heavy atom. The smallest absolute Gasteiger partial charge is 0.186 e. The highest BCUT2D eigenvalue weighted by Gasteiger charge is 2.30. The third kappa shape index (κ3) is 3.62. The molecule has 23 heavy (non-hydrogen) atoms. The monoisotopic (exact) mass is 331 g/mol. The van der Waals surface area contributed by atoms with Gasteiger partial charge in [-0.2, -0.15) is 10.4 Å². The summed E-state index contributed by atoms with van der Waals surface area (Å²) >= 11 is 0. The second-order valence-corrected chi connectivity index (χ2v) is 7.53. The van der Waals surface area contributed by atoms with Crippen molar-refractivity contribution in [1.82, 2.24) is 9.78 Å². The Bertz CT molecular complexity index is 789. The zero-order valence-corrected chi connectivity index (χ0v) is 14.3. The van der Waals surface area contributed by atoms with Crippen molar-refractivity contribution in [1.29, 1.82) is 5.26 Å². The van der Waals surface area contributed by atoms with Crippen molar-refractivity contribution in [2.24, 2.45) is 0 Å². The van der Waals surface area contributed by atoms with Gasteiger partial charge in [0.2, 0.25) is 0 Å². The number of nitrogens with zero attached hydrogens (tertiary/aromatic N) is 3. The van der Waals surface area contributed by atoms with E-state index in [0.717, 1.165) is 12.8 Å². The van der Waals surface area contributed by atoms with Gasteiger partial charge in [0.15, 0.2) is 15.5 Å². The second kappa shape index (κ2) is 7.42. The van der Waals surface area contributed by atoms with E-state index in [2.05, 4.69) is 12.0 Å². The summed E-state index contributed by atoms with van der Waals surface area (Å²) in [6.45, 7) is 4.52. The highest BCUT2D eigenvalue weighted by molar-refractivity contribution is 7.91. The molecule has 5 nitrogen and oxygen atoms in total. The second-order valence-electron chi connectivity index (χ2n) is 5.40. The largest absolute Gasteiger partial charge is 0.267 e. The molecular weight excluding hydrogens is 310 g/mol. The van der Waals surface area contributed by atoms with Gasteiger partial charge in [0.25, 0.3) is 0 Å². The lowest BCUT2D eigenvalue weighted by Gasteiger charge is -2.17. The normalized spacial score (nSPS) is 12.7. The maximum Gasteiger partial charge on any atom is 0.186 e. The fourth-order valence-electron chi connectivity index (χ4n) is 2.59. The number of hydrogen-bond acceptors (Lipinski definition) is 4. The Morgan fingerprint density at radius 1 is 1.26 bits per heavy atom. The zero-order chi connectivity index (χ0) is 16.9. The Kier molecular flexibility index (Phi) is 5.56. The van der Waals surface area contributed by atoms with Gasteiger partial charge in [0, 0.05) is 6.54 Å². The summed E-state index contributed by atoms with van der Waals surface area (Å²) < 4.78 is 27.6. The zero-order valence-electron chi connectivity index (χ0n) is 13.4. The van der Waals surface area contributed by atoms with Gasteiger partial charge in [-0.05, 0) is 31.0 Å². The lowest BCUT2D eigenvalue weighted by Crippen LogP contribution is -2.18. The van der Waals surface area contributed by atoms with Crippen LogP contribution in [0.3, 0.4) is 0 Å². The van der Waals surface area contributed by atoms with Crippen LogP contribution in [-0.2, 0) is 16.4 Å². The molecule has 0 saturated carbocycles. The number of unbranched alkanes of at least 4 members (excludes halogenated alkanes) is 1. The van der Waals surface area contributed by atoms with Gasteiger partial charge in [0.1, 0.15) is 11.3 Å². The van der Waals surface area contributed by atoms with Gasteiger partial charge in [0.05, 0.1) is 10.6 Å². The van der Waals surface area contributed by atoms with E-state index in [1.54, 1.807) is 41.1 Å². The van der Waals surface area contributed by atoms with E-state index < -0.39 is 15.1 Å². The standard InChI is InChI=1S/C17H21N3O2S/c1-3-5-11-20-16(12-14(13-18)19-20)17(4-2)23(21,22)15-9-7-6-8-10-15/h6-10,12,17H,3-5,11H2,1-2H3. The third-order valence-electron chi connectivity index (χ3n) is 3.80. The summed E-state index contributed by atoms with van der Waals surface area (Å²) in [4.78, 5) is 0.300. The Labute approximate surface area is 137 Å². The van der Waals surface area contributed by atoms with Crippen LogP contribution in [0.4, 0.5) is 0 Å². The van der Waals surface area contributed by atoms with Gasteiger partial charge in [-0.3, -0.25) is 4.68 Å². The van der Waals surface area contributed by atoms with E-state index >= 15 is 0 Å². The van der Waals surface area contributed by atoms with E-state index in [-0.39, 0.29) is 5.69 Å². The van der Waals surface area contributed by atoms with Crippen molar-refractivity contribution in [3.63, 3.8) is 0 Å². The molecule has 0 fully saturated rings. The number of benzene rings is 1. The number of sulfone groups is 1. The first kappa shape index (κ1) is 17.2. The minimum Gasteiger partial charge on any atom is -0.267 e. The van der Waals surface area contributed by atoms with E-state index in [9.17, 15) is 8.42 Å². The van der Waals surface area contributed by atoms with Crippen LogP contribution in [0.5, 0.6) is 0 Å². The number of aromatic nitrogens is 2. The summed E-state index contributed by atoms with van der Waals surface area (Å²) in [6, 6.07) is 12.0. The molecule has 1 heterocycles. The average Bonchev–Trinajstić information content (AvgIpc) is 2.97. The van der Waals surface area contributed by atoms with Gasteiger partial charge in [-0.15, -0.1) is 0 Å². The topological polar surface area (TPSA) is 75.8 Å². The van der Waals surface area contributed by atoms with Crippen molar-refractivity contribution in [2.75, 3.05) is 0 Å². The average molecular weight is 331 g/mol. The van der Waals surface area contributed by atoms with Crippen molar-refractivity contribution >= 4 is 9.84 Å². The number of aryl methyl sites for hydroxylation is 1. The molecule has 0 N–H and O–H groups in total. The molecule has 0 spiro atoms. The molecule has 6 heteroatoms. The first-order valence-electron chi connectivity index (χ1n) is 7.81. The van der Waals surface area contributed by atoms with Crippen molar-refractivity contribution in [2.45, 2.75) is 49.8 Å². The van der Waals surface area contributed by atoms with Gasteiger partial charge in [-0.1, -0.05) is 38.5 Å². The molecule has 0 aliphatic heterocycles. The van der Waals surface area contributed by atoms with Gasteiger partial charge < -0.3 is 0 Å². The molecule has 1 aromatic carbocycles. The SMILES string of the molecule is CCCCn1nc(C#N)cc1C(CC)S(=O)(=O)c1ccccc1. The highest BCUT2D eigenvalue weighted by Crippen LogP contribution is 2.32.